The van der Waals surface area contributed by atoms with Crippen LogP contribution in [0.25, 0.3) is 0 Å². The summed E-state index contributed by atoms with van der Waals surface area (Å²) in [5, 5.41) is 0. The van der Waals surface area contributed by atoms with Gasteiger partial charge in [0.2, 0.25) is 0 Å². The molecule has 0 radical (unpaired) electrons. The van der Waals surface area contributed by atoms with E-state index in [2.05, 4.69) is 6.92 Å². The van der Waals surface area contributed by atoms with E-state index in [4.69, 9.17) is 5.73 Å². The molecule has 1 aromatic rings. The molecule has 2 heteroatoms. The number of hydrogen-bond donors (Lipinski definition) is 1. The second kappa shape index (κ2) is 2.81. The monoisotopic (exact) mass is 179 g/mol. The van der Waals surface area contributed by atoms with E-state index in [0.717, 1.165) is 12.0 Å². The third kappa shape index (κ3) is 1.35. The largest absolute Gasteiger partial charge is 0.330 e. The first kappa shape index (κ1) is 8.70. The van der Waals surface area contributed by atoms with Crippen molar-refractivity contribution >= 4 is 0 Å². The second-order valence-electron chi connectivity index (χ2n) is 4.06. The third-order valence-corrected chi connectivity index (χ3v) is 3.18. The van der Waals surface area contributed by atoms with E-state index in [1.165, 1.54) is 6.07 Å². The van der Waals surface area contributed by atoms with Crippen LogP contribution < -0.4 is 5.73 Å². The summed E-state index contributed by atoms with van der Waals surface area (Å²) in [6.45, 7) is 2.85. The van der Waals surface area contributed by atoms with Crippen LogP contribution in [0.1, 0.15) is 18.9 Å². The summed E-state index contributed by atoms with van der Waals surface area (Å²) in [6.07, 6.45) is 1.09. The van der Waals surface area contributed by atoms with Gasteiger partial charge in [-0.3, -0.25) is 0 Å². The lowest BCUT2D eigenvalue weighted by Gasteiger charge is -2.10. The zero-order chi connectivity index (χ0) is 9.47. The molecule has 1 saturated carbocycles. The van der Waals surface area contributed by atoms with Gasteiger partial charge in [-0.1, -0.05) is 19.1 Å². The number of halogens is 1. The van der Waals surface area contributed by atoms with Crippen LogP contribution in [-0.4, -0.2) is 6.54 Å². The van der Waals surface area contributed by atoms with Crippen molar-refractivity contribution in [1.82, 2.24) is 0 Å². The fraction of sp³-hybridized carbons (Fsp3) is 0.455. The van der Waals surface area contributed by atoms with E-state index in [0.29, 0.717) is 12.5 Å². The lowest BCUT2D eigenvalue weighted by Crippen LogP contribution is -2.11. The van der Waals surface area contributed by atoms with Crippen LogP contribution in [0.15, 0.2) is 24.3 Å². The minimum absolute atomic E-state index is 0.136. The van der Waals surface area contributed by atoms with Crippen molar-refractivity contribution in [3.8, 4) is 0 Å². The topological polar surface area (TPSA) is 26.0 Å². The Hall–Kier alpha value is -0.890. The predicted molar refractivity (Wildman–Crippen MR) is 50.9 cm³/mol. The smallest absolute Gasteiger partial charge is 0.123 e. The van der Waals surface area contributed by atoms with Crippen molar-refractivity contribution in [3.05, 3.63) is 35.6 Å². The molecular formula is C11H14FN. The molecule has 0 spiro atoms. The van der Waals surface area contributed by atoms with Crippen LogP contribution in [-0.2, 0) is 5.41 Å². The maximum Gasteiger partial charge on any atom is 0.123 e. The maximum atomic E-state index is 12.9. The van der Waals surface area contributed by atoms with Crippen LogP contribution in [0, 0.1) is 11.7 Å². The lowest BCUT2D eigenvalue weighted by atomic mass is 9.95. The maximum absolute atomic E-state index is 12.9. The Balaban J connectivity index is 2.27. The molecule has 1 aliphatic rings. The van der Waals surface area contributed by atoms with Gasteiger partial charge in [0, 0.05) is 0 Å². The molecule has 0 amide bonds. The van der Waals surface area contributed by atoms with Crippen molar-refractivity contribution in [2.75, 3.05) is 6.54 Å². The van der Waals surface area contributed by atoms with Crippen LogP contribution >= 0.6 is 0 Å². The van der Waals surface area contributed by atoms with Crippen LogP contribution in [0.3, 0.4) is 0 Å². The summed E-state index contributed by atoms with van der Waals surface area (Å²) in [7, 11) is 0. The highest BCUT2D eigenvalue weighted by Crippen LogP contribution is 2.53. The summed E-state index contributed by atoms with van der Waals surface area (Å²) >= 11 is 0. The Morgan fingerprint density at radius 3 is 2.92 bits per heavy atom. The van der Waals surface area contributed by atoms with E-state index in [-0.39, 0.29) is 11.2 Å². The standard InChI is InChI=1S/C11H14FN/c1-11(6-9(11)7-13)8-3-2-4-10(12)5-8/h2-5,9H,6-7,13H2,1H3/t9-,11?/m0/s1. The van der Waals surface area contributed by atoms with Crippen molar-refractivity contribution < 1.29 is 4.39 Å². The zero-order valence-electron chi connectivity index (χ0n) is 7.76. The molecule has 0 aromatic heterocycles. The zero-order valence-corrected chi connectivity index (χ0v) is 7.76. The molecule has 13 heavy (non-hydrogen) atoms. The Bertz CT molecular complexity index is 324. The van der Waals surface area contributed by atoms with Crippen molar-refractivity contribution in [2.45, 2.75) is 18.8 Å². The first-order chi connectivity index (χ1) is 6.16. The Morgan fingerprint density at radius 1 is 1.62 bits per heavy atom. The number of benzene rings is 1. The minimum atomic E-state index is -0.151. The van der Waals surface area contributed by atoms with Crippen molar-refractivity contribution in [3.63, 3.8) is 0 Å². The Morgan fingerprint density at radius 2 is 2.38 bits per heavy atom. The molecule has 1 aliphatic carbocycles. The first-order valence-corrected chi connectivity index (χ1v) is 4.63. The number of hydrogen-bond acceptors (Lipinski definition) is 1. The SMILES string of the molecule is CC1(c2cccc(F)c2)C[C@H]1CN. The highest BCUT2D eigenvalue weighted by atomic mass is 19.1. The van der Waals surface area contributed by atoms with E-state index in [1.54, 1.807) is 12.1 Å². The highest BCUT2D eigenvalue weighted by molar-refractivity contribution is 5.32. The van der Waals surface area contributed by atoms with Gasteiger partial charge in [-0.2, -0.15) is 0 Å². The average molecular weight is 179 g/mol. The van der Waals surface area contributed by atoms with Gasteiger partial charge in [-0.05, 0) is 42.0 Å². The Kier molecular flexibility index (Phi) is 1.88. The average Bonchev–Trinajstić information content (AvgIpc) is 2.79. The van der Waals surface area contributed by atoms with Gasteiger partial charge in [0.15, 0.2) is 0 Å². The van der Waals surface area contributed by atoms with Gasteiger partial charge in [0.25, 0.3) is 0 Å². The van der Waals surface area contributed by atoms with Gasteiger partial charge in [-0.25, -0.2) is 4.39 Å². The fourth-order valence-electron chi connectivity index (χ4n) is 1.99. The van der Waals surface area contributed by atoms with Crippen LogP contribution in [0.4, 0.5) is 4.39 Å². The second-order valence-corrected chi connectivity index (χ2v) is 4.06. The van der Waals surface area contributed by atoms with Gasteiger partial charge in [-0.15, -0.1) is 0 Å². The van der Waals surface area contributed by atoms with Gasteiger partial charge >= 0.3 is 0 Å². The third-order valence-electron chi connectivity index (χ3n) is 3.18. The van der Waals surface area contributed by atoms with Gasteiger partial charge < -0.3 is 5.73 Å². The Labute approximate surface area is 77.8 Å². The normalized spacial score (nSPS) is 31.8. The van der Waals surface area contributed by atoms with Gasteiger partial charge in [0.1, 0.15) is 5.82 Å². The molecule has 1 aromatic carbocycles. The molecule has 0 saturated heterocycles. The summed E-state index contributed by atoms with van der Waals surface area (Å²) in [6, 6.07) is 6.85. The lowest BCUT2D eigenvalue weighted by molar-refractivity contribution is 0.612. The molecule has 0 aliphatic heterocycles. The van der Waals surface area contributed by atoms with E-state index < -0.39 is 0 Å². The number of rotatable bonds is 2. The highest BCUT2D eigenvalue weighted by Gasteiger charge is 2.50. The van der Waals surface area contributed by atoms with Crippen molar-refractivity contribution in [2.24, 2.45) is 11.7 Å². The van der Waals surface area contributed by atoms with Crippen LogP contribution in [0.5, 0.6) is 0 Å². The number of nitrogens with two attached hydrogens (primary N) is 1. The van der Waals surface area contributed by atoms with E-state index >= 15 is 0 Å². The summed E-state index contributed by atoms with van der Waals surface area (Å²) in [5.74, 6) is 0.385. The molecule has 2 atom stereocenters. The quantitative estimate of drug-likeness (QED) is 0.739. The fourth-order valence-corrected chi connectivity index (χ4v) is 1.99. The first-order valence-electron chi connectivity index (χ1n) is 4.63. The molecular weight excluding hydrogens is 165 g/mol. The minimum Gasteiger partial charge on any atom is -0.330 e. The van der Waals surface area contributed by atoms with E-state index in [9.17, 15) is 4.39 Å². The summed E-state index contributed by atoms with van der Waals surface area (Å²) < 4.78 is 12.9. The molecule has 2 N–H and O–H groups in total. The van der Waals surface area contributed by atoms with Crippen molar-refractivity contribution in [1.29, 1.82) is 0 Å². The summed E-state index contributed by atoms with van der Waals surface area (Å²) in [5.41, 5.74) is 6.81. The summed E-state index contributed by atoms with van der Waals surface area (Å²) in [4.78, 5) is 0. The molecule has 0 bridgehead atoms. The molecule has 2 rings (SSSR count). The molecule has 0 heterocycles. The molecule has 1 nitrogen and oxygen atoms in total. The van der Waals surface area contributed by atoms with E-state index in [1.807, 2.05) is 6.07 Å². The molecule has 70 valence electrons. The predicted octanol–water partition coefficient (Wildman–Crippen LogP) is 2.06. The van der Waals surface area contributed by atoms with Crippen LogP contribution in [0.2, 0.25) is 0 Å². The molecule has 1 unspecified atom stereocenters. The van der Waals surface area contributed by atoms with Gasteiger partial charge in [0.05, 0.1) is 0 Å². The molecule has 1 fully saturated rings.